The molecule has 0 aliphatic heterocycles. The number of nitrogens with two attached hydrogens (primary N) is 1. The predicted octanol–water partition coefficient (Wildman–Crippen LogP) is 1.38. The topological polar surface area (TPSA) is 68.2 Å². The van der Waals surface area contributed by atoms with E-state index in [1.165, 1.54) is 5.56 Å². The summed E-state index contributed by atoms with van der Waals surface area (Å²) < 4.78 is 5.15. The number of hydrogen-bond acceptors (Lipinski definition) is 5. The van der Waals surface area contributed by atoms with Crippen LogP contribution in [0.1, 0.15) is 17.3 Å². The first kappa shape index (κ1) is 13.7. The molecule has 0 atom stereocenters. The van der Waals surface area contributed by atoms with E-state index in [2.05, 4.69) is 39.3 Å². The minimum Gasteiger partial charge on any atom is -0.338 e. The Morgan fingerprint density at radius 1 is 1.21 bits per heavy atom. The quantitative estimate of drug-likeness (QED) is 0.814. The highest BCUT2D eigenvalue weighted by Crippen LogP contribution is 2.05. The Balaban J connectivity index is 1.89. The highest BCUT2D eigenvalue weighted by atomic mass is 16.5. The van der Waals surface area contributed by atoms with Crippen molar-refractivity contribution in [3.63, 3.8) is 0 Å². The van der Waals surface area contributed by atoms with Crippen LogP contribution in [0.25, 0.3) is 0 Å². The molecule has 0 aliphatic rings. The molecular weight excluding hydrogens is 240 g/mol. The van der Waals surface area contributed by atoms with Crippen LogP contribution in [0.15, 0.2) is 34.9 Å². The van der Waals surface area contributed by atoms with E-state index in [1.807, 2.05) is 13.0 Å². The molecule has 0 unspecified atom stereocenters. The number of hydrogen-bond donors (Lipinski definition) is 1. The zero-order valence-corrected chi connectivity index (χ0v) is 11.2. The van der Waals surface area contributed by atoms with Gasteiger partial charge in [-0.15, -0.1) is 0 Å². The monoisotopic (exact) mass is 260 g/mol. The van der Waals surface area contributed by atoms with Gasteiger partial charge in [0.2, 0.25) is 5.89 Å². The minimum absolute atomic E-state index is 0.627. The van der Waals surface area contributed by atoms with Gasteiger partial charge in [-0.25, -0.2) is 0 Å². The Hall–Kier alpha value is -1.72. The first-order chi connectivity index (χ1) is 9.28. The molecule has 0 radical (unpaired) electrons. The van der Waals surface area contributed by atoms with Gasteiger partial charge in [-0.1, -0.05) is 35.5 Å². The SMILES string of the molecule is Cc1noc(CN(CCN)CCc2ccccc2)n1. The van der Waals surface area contributed by atoms with Crippen LogP contribution in [0.4, 0.5) is 0 Å². The van der Waals surface area contributed by atoms with E-state index in [9.17, 15) is 0 Å². The highest BCUT2D eigenvalue weighted by molar-refractivity contribution is 5.14. The van der Waals surface area contributed by atoms with Crippen LogP contribution in [0.2, 0.25) is 0 Å². The van der Waals surface area contributed by atoms with Crippen molar-refractivity contribution in [3.8, 4) is 0 Å². The molecule has 0 saturated heterocycles. The zero-order chi connectivity index (χ0) is 13.5. The summed E-state index contributed by atoms with van der Waals surface area (Å²) in [6.07, 6.45) is 0.994. The number of nitrogens with zero attached hydrogens (tertiary/aromatic N) is 3. The Bertz CT molecular complexity index is 483. The lowest BCUT2D eigenvalue weighted by Gasteiger charge is -2.19. The third kappa shape index (κ3) is 4.46. The van der Waals surface area contributed by atoms with E-state index in [0.29, 0.717) is 24.8 Å². The summed E-state index contributed by atoms with van der Waals surface area (Å²) in [5.41, 5.74) is 6.97. The van der Waals surface area contributed by atoms with Gasteiger partial charge >= 0.3 is 0 Å². The lowest BCUT2D eigenvalue weighted by atomic mass is 10.1. The van der Waals surface area contributed by atoms with E-state index >= 15 is 0 Å². The molecule has 2 N–H and O–H groups in total. The van der Waals surface area contributed by atoms with Crippen molar-refractivity contribution in [2.45, 2.75) is 19.9 Å². The summed E-state index contributed by atoms with van der Waals surface area (Å²) in [6.45, 7) is 4.87. The first-order valence-corrected chi connectivity index (χ1v) is 6.53. The zero-order valence-electron chi connectivity index (χ0n) is 11.2. The molecule has 0 saturated carbocycles. The summed E-state index contributed by atoms with van der Waals surface area (Å²) in [4.78, 5) is 6.46. The Kier molecular flexibility index (Phi) is 5.06. The summed E-state index contributed by atoms with van der Waals surface area (Å²) in [5.74, 6) is 1.32. The third-order valence-electron chi connectivity index (χ3n) is 2.93. The van der Waals surface area contributed by atoms with E-state index in [4.69, 9.17) is 10.3 Å². The van der Waals surface area contributed by atoms with E-state index in [-0.39, 0.29) is 0 Å². The van der Waals surface area contributed by atoms with Crippen LogP contribution < -0.4 is 5.73 Å². The van der Waals surface area contributed by atoms with Crippen LogP contribution in [0.5, 0.6) is 0 Å². The number of rotatable bonds is 7. The molecule has 102 valence electrons. The largest absolute Gasteiger partial charge is 0.338 e. The molecule has 5 heteroatoms. The number of aryl methyl sites for hydroxylation is 1. The van der Waals surface area contributed by atoms with E-state index in [0.717, 1.165) is 19.5 Å². The van der Waals surface area contributed by atoms with Gasteiger partial charge in [0.15, 0.2) is 5.82 Å². The normalized spacial score (nSPS) is 11.1. The second kappa shape index (κ2) is 7.01. The molecule has 5 nitrogen and oxygen atoms in total. The molecule has 19 heavy (non-hydrogen) atoms. The molecule has 0 aliphatic carbocycles. The fraction of sp³-hybridized carbons (Fsp3) is 0.429. The fourth-order valence-electron chi connectivity index (χ4n) is 1.98. The maximum Gasteiger partial charge on any atom is 0.240 e. The van der Waals surface area contributed by atoms with Crippen LogP contribution in [-0.4, -0.2) is 34.7 Å². The van der Waals surface area contributed by atoms with Crippen molar-refractivity contribution >= 4 is 0 Å². The molecular formula is C14H20N4O. The molecule has 0 bridgehead atoms. The van der Waals surface area contributed by atoms with E-state index in [1.54, 1.807) is 0 Å². The lowest BCUT2D eigenvalue weighted by Crippen LogP contribution is -2.31. The predicted molar refractivity (Wildman–Crippen MR) is 73.5 cm³/mol. The lowest BCUT2D eigenvalue weighted by molar-refractivity contribution is 0.233. The number of benzene rings is 1. The van der Waals surface area contributed by atoms with Crippen LogP contribution >= 0.6 is 0 Å². The third-order valence-corrected chi connectivity index (χ3v) is 2.93. The Labute approximate surface area is 113 Å². The smallest absolute Gasteiger partial charge is 0.240 e. The standard InChI is InChI=1S/C14H20N4O/c1-12-16-14(19-17-12)11-18(10-8-15)9-7-13-5-3-2-4-6-13/h2-6H,7-11,15H2,1H3. The summed E-state index contributed by atoms with van der Waals surface area (Å²) in [6, 6.07) is 10.4. The highest BCUT2D eigenvalue weighted by Gasteiger charge is 2.10. The Morgan fingerprint density at radius 3 is 2.63 bits per heavy atom. The van der Waals surface area contributed by atoms with Crippen LogP contribution in [0, 0.1) is 6.92 Å². The molecule has 0 amide bonds. The first-order valence-electron chi connectivity index (χ1n) is 6.53. The average Bonchev–Trinajstić information content (AvgIpc) is 2.83. The minimum atomic E-state index is 0.627. The van der Waals surface area contributed by atoms with Crippen molar-refractivity contribution in [1.29, 1.82) is 0 Å². The van der Waals surface area contributed by atoms with Gasteiger partial charge in [0, 0.05) is 19.6 Å². The summed E-state index contributed by atoms with van der Waals surface area (Å²) in [7, 11) is 0. The fourth-order valence-corrected chi connectivity index (χ4v) is 1.98. The maximum absolute atomic E-state index is 5.65. The van der Waals surface area contributed by atoms with Gasteiger partial charge in [0.25, 0.3) is 0 Å². The molecule has 2 rings (SSSR count). The van der Waals surface area contributed by atoms with Crippen molar-refractivity contribution in [3.05, 3.63) is 47.6 Å². The molecule has 1 aromatic heterocycles. The van der Waals surface area contributed by atoms with Gasteiger partial charge in [-0.05, 0) is 18.9 Å². The van der Waals surface area contributed by atoms with Crippen LogP contribution in [0.3, 0.4) is 0 Å². The molecule has 0 spiro atoms. The van der Waals surface area contributed by atoms with Crippen LogP contribution in [-0.2, 0) is 13.0 Å². The van der Waals surface area contributed by atoms with Gasteiger partial charge in [0.1, 0.15) is 0 Å². The van der Waals surface area contributed by atoms with Gasteiger partial charge in [-0.3, -0.25) is 4.90 Å². The van der Waals surface area contributed by atoms with Crippen molar-refractivity contribution in [1.82, 2.24) is 15.0 Å². The summed E-state index contributed by atoms with van der Waals surface area (Å²) >= 11 is 0. The average molecular weight is 260 g/mol. The Morgan fingerprint density at radius 2 is 2.00 bits per heavy atom. The summed E-state index contributed by atoms with van der Waals surface area (Å²) in [5, 5.41) is 3.80. The molecule has 1 aromatic carbocycles. The second-order valence-corrected chi connectivity index (χ2v) is 4.54. The van der Waals surface area contributed by atoms with E-state index < -0.39 is 0 Å². The maximum atomic E-state index is 5.65. The van der Waals surface area contributed by atoms with Crippen molar-refractivity contribution < 1.29 is 4.52 Å². The molecule has 2 aromatic rings. The van der Waals surface area contributed by atoms with Crippen molar-refractivity contribution in [2.24, 2.45) is 5.73 Å². The molecule has 1 heterocycles. The van der Waals surface area contributed by atoms with Crippen molar-refractivity contribution in [2.75, 3.05) is 19.6 Å². The molecule has 0 fully saturated rings. The second-order valence-electron chi connectivity index (χ2n) is 4.54. The number of aromatic nitrogens is 2. The van der Waals surface area contributed by atoms with Gasteiger partial charge < -0.3 is 10.3 Å². The van der Waals surface area contributed by atoms with Gasteiger partial charge in [0.05, 0.1) is 6.54 Å². The van der Waals surface area contributed by atoms with Gasteiger partial charge in [-0.2, -0.15) is 4.98 Å².